The second-order valence-corrected chi connectivity index (χ2v) is 8.32. The van der Waals surface area contributed by atoms with Crippen LogP contribution in [-0.4, -0.2) is 50.6 Å². The molecule has 5 rings (SSSR count). The van der Waals surface area contributed by atoms with Crippen molar-refractivity contribution in [2.75, 3.05) is 42.6 Å². The molecule has 2 aromatic rings. The average molecular weight is 424 g/mol. The van der Waals surface area contributed by atoms with Crippen molar-refractivity contribution < 1.29 is 23.5 Å². The highest BCUT2D eigenvalue weighted by molar-refractivity contribution is 6.08. The van der Waals surface area contributed by atoms with Crippen LogP contribution >= 0.6 is 0 Å². The molecule has 162 valence electrons. The first-order valence-corrected chi connectivity index (χ1v) is 10.8. The van der Waals surface area contributed by atoms with Crippen molar-refractivity contribution >= 4 is 23.1 Å². The van der Waals surface area contributed by atoms with Crippen molar-refractivity contribution in [2.24, 2.45) is 0 Å². The van der Waals surface area contributed by atoms with Crippen molar-refractivity contribution in [1.82, 2.24) is 0 Å². The Bertz CT molecular complexity index is 1020. The zero-order valence-corrected chi connectivity index (χ0v) is 17.3. The second kappa shape index (κ2) is 8.30. The molecule has 2 aromatic carbocycles. The smallest absolute Gasteiger partial charge is 0.258 e. The molecule has 1 amide bonds. The molecule has 3 aliphatic rings. The number of anilines is 2. The molecule has 3 aliphatic heterocycles. The van der Waals surface area contributed by atoms with Gasteiger partial charge in [-0.05, 0) is 61.2 Å². The van der Waals surface area contributed by atoms with E-state index in [2.05, 4.69) is 0 Å². The Hall–Kier alpha value is -2.93. The molecule has 0 N–H and O–H groups in total. The maximum Gasteiger partial charge on any atom is 0.258 e. The summed E-state index contributed by atoms with van der Waals surface area (Å²) in [6.07, 6.45) is 3.34. The standard InChI is InChI=1S/C24H25FN2O4/c25-22-13-17(3-6-23(22)26-9-8-18(28)14-26)27-10-7-16-12-19(4-5-21(16)24(27)29)31-15-20-2-1-11-30-20/h3-6,12-13,20H,1-2,7-11,14-15H2/t20-/m0/s1. The molecule has 31 heavy (non-hydrogen) atoms. The fourth-order valence-corrected chi connectivity index (χ4v) is 4.52. The summed E-state index contributed by atoms with van der Waals surface area (Å²) < 4.78 is 26.2. The molecule has 0 radical (unpaired) electrons. The van der Waals surface area contributed by atoms with Gasteiger partial charge >= 0.3 is 0 Å². The minimum Gasteiger partial charge on any atom is -0.491 e. The first-order valence-electron chi connectivity index (χ1n) is 10.8. The topological polar surface area (TPSA) is 59.1 Å². The number of amides is 1. The number of carbonyl (C=O) groups is 2. The summed E-state index contributed by atoms with van der Waals surface area (Å²) in [5.41, 5.74) is 2.50. The molecule has 6 nitrogen and oxygen atoms in total. The molecule has 0 spiro atoms. The molecule has 0 aliphatic carbocycles. The minimum atomic E-state index is -0.413. The number of fused-ring (bicyclic) bond motifs is 1. The number of nitrogens with zero attached hydrogens (tertiary/aromatic N) is 2. The number of rotatable bonds is 5. The van der Waals surface area contributed by atoms with Crippen LogP contribution < -0.4 is 14.5 Å². The van der Waals surface area contributed by atoms with Gasteiger partial charge in [-0.1, -0.05) is 0 Å². The van der Waals surface area contributed by atoms with Crippen LogP contribution in [0.25, 0.3) is 0 Å². The molecule has 0 saturated carbocycles. The van der Waals surface area contributed by atoms with Gasteiger partial charge < -0.3 is 19.3 Å². The summed E-state index contributed by atoms with van der Waals surface area (Å²) in [6, 6.07) is 10.3. The van der Waals surface area contributed by atoms with E-state index in [1.165, 1.54) is 6.07 Å². The van der Waals surface area contributed by atoms with Gasteiger partial charge in [0.2, 0.25) is 0 Å². The Labute approximate surface area is 180 Å². The highest BCUT2D eigenvalue weighted by Gasteiger charge is 2.28. The van der Waals surface area contributed by atoms with E-state index in [4.69, 9.17) is 9.47 Å². The molecular formula is C24H25FN2O4. The number of hydrogen-bond acceptors (Lipinski definition) is 5. The van der Waals surface area contributed by atoms with Gasteiger partial charge in [-0.2, -0.15) is 0 Å². The molecule has 2 fully saturated rings. The van der Waals surface area contributed by atoms with Gasteiger partial charge in [-0.25, -0.2) is 4.39 Å². The van der Waals surface area contributed by atoms with Gasteiger partial charge in [0.1, 0.15) is 18.2 Å². The third-order valence-electron chi connectivity index (χ3n) is 6.23. The van der Waals surface area contributed by atoms with Gasteiger partial charge in [0, 0.05) is 37.4 Å². The van der Waals surface area contributed by atoms with Gasteiger partial charge in [0.25, 0.3) is 5.91 Å². The lowest BCUT2D eigenvalue weighted by Crippen LogP contribution is -2.37. The maximum absolute atomic E-state index is 14.8. The summed E-state index contributed by atoms with van der Waals surface area (Å²) in [5, 5.41) is 0. The summed E-state index contributed by atoms with van der Waals surface area (Å²) in [6.45, 7) is 2.56. The minimum absolute atomic E-state index is 0.116. The van der Waals surface area contributed by atoms with E-state index in [0.717, 1.165) is 30.8 Å². The van der Waals surface area contributed by atoms with Gasteiger partial charge in [-0.15, -0.1) is 0 Å². The number of ketones is 1. The van der Waals surface area contributed by atoms with Crippen LogP contribution in [0.3, 0.4) is 0 Å². The molecule has 0 aromatic heterocycles. The van der Waals surface area contributed by atoms with E-state index < -0.39 is 5.82 Å². The third-order valence-corrected chi connectivity index (χ3v) is 6.23. The van der Waals surface area contributed by atoms with Crippen LogP contribution in [0, 0.1) is 5.82 Å². The Balaban J connectivity index is 1.30. The molecular weight excluding hydrogens is 399 g/mol. The van der Waals surface area contributed by atoms with Crippen LogP contribution in [0.1, 0.15) is 35.2 Å². The SMILES string of the molecule is O=C1CCN(c2ccc(N3CCc4cc(OC[C@@H]5CCCO5)ccc4C3=O)cc2F)C1. The predicted molar refractivity (Wildman–Crippen MR) is 115 cm³/mol. The highest BCUT2D eigenvalue weighted by Crippen LogP contribution is 2.31. The average Bonchev–Trinajstić information content (AvgIpc) is 3.44. The first-order chi connectivity index (χ1) is 15.1. The van der Waals surface area contributed by atoms with E-state index in [1.807, 2.05) is 12.1 Å². The van der Waals surface area contributed by atoms with Gasteiger partial charge in [0.05, 0.1) is 18.3 Å². The Morgan fingerprint density at radius 2 is 2.00 bits per heavy atom. The van der Waals surface area contributed by atoms with E-state index in [-0.39, 0.29) is 24.3 Å². The highest BCUT2D eigenvalue weighted by atomic mass is 19.1. The largest absolute Gasteiger partial charge is 0.491 e. The van der Waals surface area contributed by atoms with Crippen molar-refractivity contribution in [3.8, 4) is 5.75 Å². The number of ether oxygens (including phenoxy) is 2. The Morgan fingerprint density at radius 1 is 1.10 bits per heavy atom. The molecule has 2 saturated heterocycles. The van der Waals surface area contributed by atoms with E-state index in [1.54, 1.807) is 28.0 Å². The van der Waals surface area contributed by atoms with Gasteiger partial charge in [0.15, 0.2) is 5.78 Å². The number of hydrogen-bond donors (Lipinski definition) is 0. The lowest BCUT2D eigenvalue weighted by molar-refractivity contribution is -0.116. The van der Waals surface area contributed by atoms with Crippen LogP contribution in [0.2, 0.25) is 0 Å². The normalized spacial score (nSPS) is 21.0. The molecule has 0 unspecified atom stereocenters. The molecule has 0 bridgehead atoms. The first kappa shape index (κ1) is 20.0. The molecule has 1 atom stereocenters. The second-order valence-electron chi connectivity index (χ2n) is 8.32. The van der Waals surface area contributed by atoms with Crippen molar-refractivity contribution in [2.45, 2.75) is 31.8 Å². The quantitative estimate of drug-likeness (QED) is 0.737. The van der Waals surface area contributed by atoms with Crippen molar-refractivity contribution in [3.63, 3.8) is 0 Å². The maximum atomic E-state index is 14.8. The van der Waals surface area contributed by atoms with Crippen LogP contribution in [0.5, 0.6) is 5.75 Å². The number of benzene rings is 2. The Kier molecular flexibility index (Phi) is 5.36. The van der Waals surface area contributed by atoms with E-state index in [0.29, 0.717) is 49.5 Å². The number of Topliss-reactive ketones (excluding diaryl/α,β-unsaturated/α-hetero) is 1. The third kappa shape index (κ3) is 4.02. The summed E-state index contributed by atoms with van der Waals surface area (Å²) in [5.74, 6) is 0.301. The summed E-state index contributed by atoms with van der Waals surface area (Å²) in [4.78, 5) is 27.9. The monoisotopic (exact) mass is 424 g/mol. The van der Waals surface area contributed by atoms with Crippen LogP contribution in [0.4, 0.5) is 15.8 Å². The van der Waals surface area contributed by atoms with Crippen molar-refractivity contribution in [1.29, 1.82) is 0 Å². The van der Waals surface area contributed by atoms with E-state index in [9.17, 15) is 14.0 Å². The van der Waals surface area contributed by atoms with Crippen LogP contribution in [0.15, 0.2) is 36.4 Å². The fraction of sp³-hybridized carbons (Fsp3) is 0.417. The zero-order chi connectivity index (χ0) is 21.4. The molecule has 7 heteroatoms. The number of halogens is 1. The molecule has 3 heterocycles. The Morgan fingerprint density at radius 3 is 2.74 bits per heavy atom. The van der Waals surface area contributed by atoms with E-state index >= 15 is 0 Å². The lowest BCUT2D eigenvalue weighted by Gasteiger charge is -2.29. The predicted octanol–water partition coefficient (Wildman–Crippen LogP) is 3.37. The van der Waals surface area contributed by atoms with Gasteiger partial charge in [-0.3, -0.25) is 9.59 Å². The lowest BCUT2D eigenvalue weighted by atomic mass is 9.98. The zero-order valence-electron chi connectivity index (χ0n) is 17.3. The fourth-order valence-electron chi connectivity index (χ4n) is 4.52. The summed E-state index contributed by atoms with van der Waals surface area (Å²) in [7, 11) is 0. The number of carbonyl (C=O) groups excluding carboxylic acids is 2. The summed E-state index contributed by atoms with van der Waals surface area (Å²) >= 11 is 0. The van der Waals surface area contributed by atoms with Crippen LogP contribution in [-0.2, 0) is 16.0 Å². The van der Waals surface area contributed by atoms with Crippen molar-refractivity contribution in [3.05, 3.63) is 53.3 Å².